The van der Waals surface area contributed by atoms with Gasteiger partial charge in [0.2, 0.25) is 5.91 Å². The van der Waals surface area contributed by atoms with Crippen LogP contribution in [0.1, 0.15) is 12.5 Å². The summed E-state index contributed by atoms with van der Waals surface area (Å²) >= 11 is 6.14. The highest BCUT2D eigenvalue weighted by molar-refractivity contribution is 7.99. The number of imide groups is 1. The van der Waals surface area contributed by atoms with E-state index in [0.29, 0.717) is 11.3 Å². The van der Waals surface area contributed by atoms with Gasteiger partial charge in [0.05, 0.1) is 22.7 Å². The Balaban J connectivity index is 1.76. The lowest BCUT2D eigenvalue weighted by Gasteiger charge is -2.22. The number of rotatable bonds is 7. The lowest BCUT2D eigenvalue weighted by molar-refractivity contribution is -0.133. The molecular formula is C20H18ClF2N3O4S. The molecule has 4 amide bonds. The quantitative estimate of drug-likeness (QED) is 0.471. The Morgan fingerprint density at radius 2 is 1.94 bits per heavy atom. The van der Waals surface area contributed by atoms with Gasteiger partial charge in [-0.25, -0.2) is 4.79 Å². The molecule has 7 nitrogen and oxygen atoms in total. The fourth-order valence-electron chi connectivity index (χ4n) is 3.11. The maximum absolute atomic E-state index is 13.0. The van der Waals surface area contributed by atoms with Crippen molar-refractivity contribution in [2.45, 2.75) is 23.1 Å². The van der Waals surface area contributed by atoms with Crippen LogP contribution >= 0.6 is 23.4 Å². The van der Waals surface area contributed by atoms with E-state index < -0.39 is 35.7 Å². The molecule has 1 heterocycles. The number of ether oxygens (including phenoxy) is 1. The van der Waals surface area contributed by atoms with E-state index in [4.69, 9.17) is 16.3 Å². The van der Waals surface area contributed by atoms with Gasteiger partial charge in [0.25, 0.3) is 11.7 Å². The number of thioether (sulfide) groups is 1. The summed E-state index contributed by atoms with van der Waals surface area (Å²) < 4.78 is 30.7. The molecule has 1 aliphatic heterocycles. The first-order valence-corrected chi connectivity index (χ1v) is 10.2. The number of amides is 4. The molecule has 0 bridgehead atoms. The van der Waals surface area contributed by atoms with Crippen LogP contribution in [-0.2, 0) is 15.1 Å². The summed E-state index contributed by atoms with van der Waals surface area (Å²) in [7, 11) is 1.50. The van der Waals surface area contributed by atoms with Crippen molar-refractivity contribution < 1.29 is 27.9 Å². The minimum Gasteiger partial charge on any atom is -0.497 e. The standard InChI is InChI=1S/C20H18ClF2N3O4S/c1-20(11-6-8-12(30-2)9-7-11)17(28)26(19(29)25-20)10-15(27)24-14-5-3-4-13(21)16(14)31-18(22)23/h3-9,18H,10H2,1-2H3,(H,24,27)(H,25,29). The molecule has 1 aliphatic rings. The Labute approximate surface area is 186 Å². The first-order chi connectivity index (χ1) is 14.7. The number of nitrogens with one attached hydrogen (secondary N) is 2. The number of nitrogens with zero attached hydrogens (tertiary/aromatic N) is 1. The normalized spacial score (nSPS) is 18.3. The van der Waals surface area contributed by atoms with Crippen LogP contribution in [0.2, 0.25) is 5.02 Å². The zero-order chi connectivity index (χ0) is 22.8. The third-order valence-electron chi connectivity index (χ3n) is 4.69. The maximum atomic E-state index is 13.0. The van der Waals surface area contributed by atoms with E-state index in [1.54, 1.807) is 24.3 Å². The van der Waals surface area contributed by atoms with Crippen LogP contribution in [0, 0.1) is 0 Å². The fraction of sp³-hybridized carbons (Fsp3) is 0.250. The number of carbonyl (C=O) groups is 3. The highest BCUT2D eigenvalue weighted by Gasteiger charge is 2.49. The van der Waals surface area contributed by atoms with E-state index in [1.807, 2.05) is 0 Å². The Morgan fingerprint density at radius 1 is 1.26 bits per heavy atom. The van der Waals surface area contributed by atoms with Crippen molar-refractivity contribution in [2.75, 3.05) is 19.0 Å². The molecule has 0 radical (unpaired) electrons. The second-order valence-electron chi connectivity index (χ2n) is 6.72. The second-order valence-corrected chi connectivity index (χ2v) is 8.13. The van der Waals surface area contributed by atoms with Gasteiger partial charge < -0.3 is 15.4 Å². The van der Waals surface area contributed by atoms with Gasteiger partial charge in [0.15, 0.2) is 0 Å². The molecule has 2 aromatic carbocycles. The van der Waals surface area contributed by atoms with Gasteiger partial charge >= 0.3 is 6.03 Å². The largest absolute Gasteiger partial charge is 0.497 e. The first-order valence-electron chi connectivity index (χ1n) is 8.97. The third-order valence-corrected chi connectivity index (χ3v) is 5.97. The van der Waals surface area contributed by atoms with Crippen molar-refractivity contribution in [2.24, 2.45) is 0 Å². The lowest BCUT2D eigenvalue weighted by atomic mass is 9.92. The number of hydrogen-bond donors (Lipinski definition) is 2. The third kappa shape index (κ3) is 4.75. The van der Waals surface area contributed by atoms with Crippen LogP contribution in [0.4, 0.5) is 19.3 Å². The Kier molecular flexibility index (Phi) is 6.71. The number of halogens is 3. The molecule has 1 saturated heterocycles. The zero-order valence-electron chi connectivity index (χ0n) is 16.4. The molecular weight excluding hydrogens is 452 g/mol. The number of urea groups is 1. The van der Waals surface area contributed by atoms with Crippen molar-refractivity contribution in [1.29, 1.82) is 0 Å². The second kappa shape index (κ2) is 9.11. The molecule has 11 heteroatoms. The zero-order valence-corrected chi connectivity index (χ0v) is 18.0. The van der Waals surface area contributed by atoms with Crippen molar-refractivity contribution in [3.05, 3.63) is 53.1 Å². The minimum atomic E-state index is -2.74. The number of hydrogen-bond acceptors (Lipinski definition) is 5. The van der Waals surface area contributed by atoms with Crippen LogP contribution in [0.15, 0.2) is 47.4 Å². The van der Waals surface area contributed by atoms with Gasteiger partial charge in [-0.15, -0.1) is 0 Å². The van der Waals surface area contributed by atoms with Crippen LogP contribution in [0.5, 0.6) is 5.75 Å². The van der Waals surface area contributed by atoms with Crippen molar-refractivity contribution >= 4 is 46.9 Å². The number of methoxy groups -OCH3 is 1. The monoisotopic (exact) mass is 469 g/mol. The van der Waals surface area contributed by atoms with E-state index in [-0.39, 0.29) is 27.4 Å². The van der Waals surface area contributed by atoms with Crippen molar-refractivity contribution in [1.82, 2.24) is 10.2 Å². The van der Waals surface area contributed by atoms with Crippen LogP contribution in [0.25, 0.3) is 0 Å². The van der Waals surface area contributed by atoms with Gasteiger partial charge in [0, 0.05) is 0 Å². The predicted octanol–water partition coefficient (Wildman–Crippen LogP) is 4.07. The molecule has 2 N–H and O–H groups in total. The lowest BCUT2D eigenvalue weighted by Crippen LogP contribution is -2.42. The summed E-state index contributed by atoms with van der Waals surface area (Å²) in [5.74, 6) is -3.52. The smallest absolute Gasteiger partial charge is 0.325 e. The molecule has 31 heavy (non-hydrogen) atoms. The van der Waals surface area contributed by atoms with Gasteiger partial charge in [0.1, 0.15) is 17.8 Å². The average molecular weight is 470 g/mol. The first kappa shape index (κ1) is 22.8. The molecule has 1 fully saturated rings. The molecule has 0 spiro atoms. The molecule has 1 unspecified atom stereocenters. The SMILES string of the molecule is COc1ccc(C2(C)NC(=O)N(CC(=O)Nc3cccc(Cl)c3SC(F)F)C2=O)cc1. The van der Waals surface area contributed by atoms with Gasteiger partial charge in [-0.1, -0.05) is 41.6 Å². The molecule has 0 aliphatic carbocycles. The number of alkyl halides is 2. The minimum absolute atomic E-state index is 0.00668. The molecule has 2 aromatic rings. The highest BCUT2D eigenvalue weighted by Crippen LogP contribution is 2.37. The van der Waals surface area contributed by atoms with Crippen molar-refractivity contribution in [3.8, 4) is 5.75 Å². The molecule has 0 aromatic heterocycles. The number of carbonyl (C=O) groups excluding carboxylic acids is 3. The molecule has 164 valence electrons. The number of benzene rings is 2. The summed E-state index contributed by atoms with van der Waals surface area (Å²) in [5.41, 5.74) is -0.788. The van der Waals surface area contributed by atoms with Gasteiger partial charge in [-0.3, -0.25) is 14.5 Å². The maximum Gasteiger partial charge on any atom is 0.325 e. The summed E-state index contributed by atoms with van der Waals surface area (Å²) in [6, 6.07) is 10.1. The summed E-state index contributed by atoms with van der Waals surface area (Å²) in [5, 5.41) is 5.08. The fourth-order valence-corrected chi connectivity index (χ4v) is 4.02. The van der Waals surface area contributed by atoms with E-state index in [2.05, 4.69) is 10.6 Å². The summed E-state index contributed by atoms with van der Waals surface area (Å²) in [6.07, 6.45) is 0. The van der Waals surface area contributed by atoms with Gasteiger partial charge in [-0.05, 0) is 36.8 Å². The molecule has 3 rings (SSSR count). The average Bonchev–Trinajstić information content (AvgIpc) is 2.94. The number of anilines is 1. The molecule has 1 atom stereocenters. The van der Waals surface area contributed by atoms with E-state index in [0.717, 1.165) is 4.90 Å². The van der Waals surface area contributed by atoms with Crippen LogP contribution in [-0.4, -0.2) is 42.2 Å². The van der Waals surface area contributed by atoms with E-state index >= 15 is 0 Å². The summed E-state index contributed by atoms with van der Waals surface area (Å²) in [6.45, 7) is 0.934. The van der Waals surface area contributed by atoms with E-state index in [9.17, 15) is 23.2 Å². The van der Waals surface area contributed by atoms with Crippen LogP contribution in [0.3, 0.4) is 0 Å². The summed E-state index contributed by atoms with van der Waals surface area (Å²) in [4.78, 5) is 38.6. The Morgan fingerprint density at radius 3 is 2.55 bits per heavy atom. The highest BCUT2D eigenvalue weighted by atomic mass is 35.5. The Bertz CT molecular complexity index is 1020. The van der Waals surface area contributed by atoms with Gasteiger partial charge in [-0.2, -0.15) is 8.78 Å². The molecule has 0 saturated carbocycles. The van der Waals surface area contributed by atoms with E-state index in [1.165, 1.54) is 32.2 Å². The predicted molar refractivity (Wildman–Crippen MR) is 113 cm³/mol. The topological polar surface area (TPSA) is 87.7 Å². The Hall–Kier alpha value is -2.85. The van der Waals surface area contributed by atoms with Crippen molar-refractivity contribution in [3.63, 3.8) is 0 Å². The van der Waals surface area contributed by atoms with Crippen LogP contribution < -0.4 is 15.4 Å².